The van der Waals surface area contributed by atoms with Crippen molar-refractivity contribution >= 4 is 35.2 Å². The molecule has 2 amide bonds. The molecule has 0 bridgehead atoms. The molecule has 0 radical (unpaired) electrons. The zero-order valence-corrected chi connectivity index (χ0v) is 20.4. The molecule has 2 rings (SSSR count). The molecular formula is C25H33ClN2O2S. The number of hydrogen-bond donors (Lipinski definition) is 1. The van der Waals surface area contributed by atoms with Gasteiger partial charge in [-0.1, -0.05) is 80.4 Å². The van der Waals surface area contributed by atoms with E-state index in [1.807, 2.05) is 62.4 Å². The largest absolute Gasteiger partial charge is 0.354 e. The first kappa shape index (κ1) is 25.3. The predicted octanol–water partition coefficient (Wildman–Crippen LogP) is 5.46. The quantitative estimate of drug-likeness (QED) is 0.484. The maximum absolute atomic E-state index is 13.2. The van der Waals surface area contributed by atoms with Crippen molar-refractivity contribution < 1.29 is 9.59 Å². The summed E-state index contributed by atoms with van der Waals surface area (Å²) in [5, 5.41) is 3.70. The average Bonchev–Trinajstić information content (AvgIpc) is 2.74. The molecule has 0 fully saturated rings. The number of hydrogen-bond acceptors (Lipinski definition) is 3. The molecule has 6 heteroatoms. The van der Waals surface area contributed by atoms with E-state index in [4.69, 9.17) is 11.6 Å². The van der Waals surface area contributed by atoms with E-state index >= 15 is 0 Å². The van der Waals surface area contributed by atoms with E-state index in [9.17, 15) is 9.59 Å². The third-order valence-corrected chi connectivity index (χ3v) is 6.32. The first-order valence-corrected chi connectivity index (χ1v) is 12.3. The van der Waals surface area contributed by atoms with E-state index in [0.29, 0.717) is 42.0 Å². The highest BCUT2D eigenvalue weighted by Crippen LogP contribution is 2.22. The van der Waals surface area contributed by atoms with Gasteiger partial charge in [0.15, 0.2) is 0 Å². The second kappa shape index (κ2) is 12.8. The Kier molecular flexibility index (Phi) is 10.4. The van der Waals surface area contributed by atoms with Crippen LogP contribution >= 0.6 is 23.4 Å². The summed E-state index contributed by atoms with van der Waals surface area (Å²) in [4.78, 5) is 27.8. The maximum Gasteiger partial charge on any atom is 0.242 e. The van der Waals surface area contributed by atoms with Gasteiger partial charge in [-0.05, 0) is 36.5 Å². The van der Waals surface area contributed by atoms with Crippen molar-refractivity contribution in [2.24, 2.45) is 5.92 Å². The molecule has 0 spiro atoms. The highest BCUT2D eigenvalue weighted by molar-refractivity contribution is 7.99. The number of nitrogens with one attached hydrogen (secondary N) is 1. The molecule has 0 saturated carbocycles. The van der Waals surface area contributed by atoms with Gasteiger partial charge in [0.1, 0.15) is 6.04 Å². The lowest BCUT2D eigenvalue weighted by Gasteiger charge is -2.31. The Hall–Kier alpha value is -1.98. The Morgan fingerprint density at radius 3 is 2.39 bits per heavy atom. The predicted molar refractivity (Wildman–Crippen MR) is 131 cm³/mol. The molecular weight excluding hydrogens is 428 g/mol. The molecule has 2 aromatic carbocycles. The van der Waals surface area contributed by atoms with E-state index in [-0.39, 0.29) is 11.8 Å². The van der Waals surface area contributed by atoms with Gasteiger partial charge in [0.2, 0.25) is 11.8 Å². The number of carbonyl (C=O) groups excluding carboxylic acids is 2. The van der Waals surface area contributed by atoms with Crippen LogP contribution in [0.1, 0.15) is 43.9 Å². The molecule has 0 saturated heterocycles. The fourth-order valence-electron chi connectivity index (χ4n) is 3.18. The van der Waals surface area contributed by atoms with Gasteiger partial charge in [-0.25, -0.2) is 0 Å². The van der Waals surface area contributed by atoms with E-state index in [0.717, 1.165) is 11.1 Å². The fraction of sp³-hybridized carbons (Fsp3) is 0.440. The van der Waals surface area contributed by atoms with E-state index < -0.39 is 6.04 Å². The number of amides is 2. The van der Waals surface area contributed by atoms with Crippen LogP contribution in [0.3, 0.4) is 0 Å². The minimum absolute atomic E-state index is 0.0378. The van der Waals surface area contributed by atoms with Crippen molar-refractivity contribution in [1.82, 2.24) is 10.2 Å². The van der Waals surface area contributed by atoms with Gasteiger partial charge in [-0.2, -0.15) is 0 Å². The summed E-state index contributed by atoms with van der Waals surface area (Å²) in [5.74, 6) is 1.18. The lowest BCUT2D eigenvalue weighted by molar-refractivity contribution is -0.139. The molecule has 0 aliphatic heterocycles. The third-order valence-electron chi connectivity index (χ3n) is 4.98. The summed E-state index contributed by atoms with van der Waals surface area (Å²) < 4.78 is 0. The minimum Gasteiger partial charge on any atom is -0.354 e. The van der Waals surface area contributed by atoms with Crippen LogP contribution in [0.4, 0.5) is 0 Å². The Bertz CT molecular complexity index is 855. The highest BCUT2D eigenvalue weighted by Gasteiger charge is 2.28. The number of carbonyl (C=O) groups is 2. The average molecular weight is 461 g/mol. The number of benzene rings is 2. The van der Waals surface area contributed by atoms with Gasteiger partial charge in [0.25, 0.3) is 0 Å². The highest BCUT2D eigenvalue weighted by atomic mass is 35.5. The molecule has 2 aromatic rings. The van der Waals surface area contributed by atoms with Crippen molar-refractivity contribution in [3.63, 3.8) is 0 Å². The normalized spacial score (nSPS) is 11.9. The second-order valence-electron chi connectivity index (χ2n) is 8.15. The SMILES string of the molecule is CCC(C(=O)NCC(C)C)N(Cc1ccc(C)cc1)C(=O)CSCc1ccccc1Cl. The van der Waals surface area contributed by atoms with Crippen LogP contribution in [0, 0.1) is 12.8 Å². The summed E-state index contributed by atoms with van der Waals surface area (Å²) in [7, 11) is 0. The molecule has 0 aromatic heterocycles. The maximum atomic E-state index is 13.2. The van der Waals surface area contributed by atoms with Gasteiger partial charge in [-0.3, -0.25) is 9.59 Å². The number of nitrogens with zero attached hydrogens (tertiary/aromatic N) is 1. The number of aryl methyl sites for hydroxylation is 1. The molecule has 0 heterocycles. The topological polar surface area (TPSA) is 49.4 Å². The summed E-state index contributed by atoms with van der Waals surface area (Å²) in [6.07, 6.45) is 0.566. The molecule has 4 nitrogen and oxygen atoms in total. The van der Waals surface area contributed by atoms with Crippen LogP contribution in [-0.4, -0.2) is 35.1 Å². The molecule has 1 N–H and O–H groups in total. The van der Waals surface area contributed by atoms with Gasteiger partial charge in [0, 0.05) is 23.9 Å². The molecule has 1 unspecified atom stereocenters. The van der Waals surface area contributed by atoms with Crippen LogP contribution in [0.5, 0.6) is 0 Å². The van der Waals surface area contributed by atoms with Crippen molar-refractivity contribution in [2.45, 2.75) is 52.5 Å². The lowest BCUT2D eigenvalue weighted by Crippen LogP contribution is -2.50. The Labute approximate surface area is 195 Å². The van der Waals surface area contributed by atoms with Crippen LogP contribution in [0.15, 0.2) is 48.5 Å². The van der Waals surface area contributed by atoms with Crippen LogP contribution in [0.25, 0.3) is 0 Å². The van der Waals surface area contributed by atoms with Crippen molar-refractivity contribution in [3.8, 4) is 0 Å². The van der Waals surface area contributed by atoms with E-state index in [2.05, 4.69) is 19.2 Å². The fourth-order valence-corrected chi connectivity index (χ4v) is 4.37. The molecule has 31 heavy (non-hydrogen) atoms. The third kappa shape index (κ3) is 8.23. The first-order chi connectivity index (χ1) is 14.8. The van der Waals surface area contributed by atoms with Crippen molar-refractivity contribution in [3.05, 3.63) is 70.2 Å². The van der Waals surface area contributed by atoms with Gasteiger partial charge in [-0.15, -0.1) is 11.8 Å². The second-order valence-corrected chi connectivity index (χ2v) is 9.55. The van der Waals surface area contributed by atoms with E-state index in [1.165, 1.54) is 17.3 Å². The smallest absolute Gasteiger partial charge is 0.242 e. The molecule has 168 valence electrons. The summed E-state index contributed by atoms with van der Waals surface area (Å²) >= 11 is 7.76. The van der Waals surface area contributed by atoms with Gasteiger partial charge in [0.05, 0.1) is 5.75 Å². The first-order valence-electron chi connectivity index (χ1n) is 10.8. The standard InChI is InChI=1S/C25H33ClN2O2S/c1-5-23(25(30)27-14-18(2)3)28(15-20-12-10-19(4)11-13-20)24(29)17-31-16-21-8-6-7-9-22(21)26/h6-13,18,23H,5,14-17H2,1-4H3,(H,27,30). The molecule has 0 aliphatic rings. The Morgan fingerprint density at radius 1 is 1.10 bits per heavy atom. The van der Waals surface area contributed by atoms with Gasteiger partial charge >= 0.3 is 0 Å². The Morgan fingerprint density at radius 2 is 1.77 bits per heavy atom. The minimum atomic E-state index is -0.492. The number of halogens is 1. The zero-order valence-electron chi connectivity index (χ0n) is 18.9. The zero-order chi connectivity index (χ0) is 22.8. The van der Waals surface area contributed by atoms with Crippen LogP contribution < -0.4 is 5.32 Å². The van der Waals surface area contributed by atoms with Crippen LogP contribution in [-0.2, 0) is 21.9 Å². The lowest BCUT2D eigenvalue weighted by atomic mass is 10.1. The van der Waals surface area contributed by atoms with Crippen molar-refractivity contribution in [2.75, 3.05) is 12.3 Å². The van der Waals surface area contributed by atoms with Gasteiger partial charge < -0.3 is 10.2 Å². The monoisotopic (exact) mass is 460 g/mol. The number of rotatable bonds is 11. The summed E-state index contributed by atoms with van der Waals surface area (Å²) in [6, 6.07) is 15.3. The molecule has 0 aliphatic carbocycles. The Balaban J connectivity index is 2.12. The van der Waals surface area contributed by atoms with E-state index in [1.54, 1.807) is 4.90 Å². The van der Waals surface area contributed by atoms with Crippen molar-refractivity contribution in [1.29, 1.82) is 0 Å². The molecule has 1 atom stereocenters. The summed E-state index contributed by atoms with van der Waals surface area (Å²) in [6.45, 7) is 9.12. The summed E-state index contributed by atoms with van der Waals surface area (Å²) in [5.41, 5.74) is 3.19. The van der Waals surface area contributed by atoms with Crippen LogP contribution in [0.2, 0.25) is 5.02 Å². The number of thioether (sulfide) groups is 1.